The Balaban J connectivity index is 3.17. The zero-order chi connectivity index (χ0) is 11.5. The Bertz CT molecular complexity index is 319. The van der Waals surface area contributed by atoms with Crippen LogP contribution in [0.25, 0.3) is 0 Å². The van der Waals surface area contributed by atoms with Crippen LogP contribution >= 0.6 is 0 Å². The molecule has 0 aromatic heterocycles. The van der Waals surface area contributed by atoms with Gasteiger partial charge < -0.3 is 0 Å². The number of benzene rings is 1. The van der Waals surface area contributed by atoms with Crippen LogP contribution in [0.2, 0.25) is 0 Å². The van der Waals surface area contributed by atoms with Crippen molar-refractivity contribution in [1.82, 2.24) is 5.43 Å². The van der Waals surface area contributed by atoms with Crippen LogP contribution in [0.15, 0.2) is 24.3 Å². The highest BCUT2D eigenvalue weighted by molar-refractivity contribution is 5.32. The highest BCUT2D eigenvalue weighted by atomic mass is 19.4. The first-order valence-electron chi connectivity index (χ1n) is 4.63. The lowest BCUT2D eigenvalue weighted by Gasteiger charge is -2.19. The Morgan fingerprint density at radius 2 is 1.93 bits per heavy atom. The summed E-state index contributed by atoms with van der Waals surface area (Å²) in [4.78, 5) is 0. The molecule has 0 aliphatic rings. The molecule has 0 saturated carbocycles. The molecular weight excluding hydrogens is 205 g/mol. The Morgan fingerprint density at radius 3 is 2.40 bits per heavy atom. The van der Waals surface area contributed by atoms with Crippen LogP contribution in [0.4, 0.5) is 13.2 Å². The average Bonchev–Trinajstić information content (AvgIpc) is 2.19. The summed E-state index contributed by atoms with van der Waals surface area (Å²) >= 11 is 0. The van der Waals surface area contributed by atoms with Gasteiger partial charge in [0.2, 0.25) is 0 Å². The number of rotatable bonds is 3. The smallest absolute Gasteiger partial charge is 0.271 e. The molecule has 15 heavy (non-hydrogen) atoms. The van der Waals surface area contributed by atoms with Crippen molar-refractivity contribution in [2.45, 2.75) is 25.6 Å². The van der Waals surface area contributed by atoms with E-state index < -0.39 is 17.8 Å². The molecule has 0 fully saturated rings. The van der Waals surface area contributed by atoms with Crippen molar-refractivity contribution < 1.29 is 13.2 Å². The zero-order valence-electron chi connectivity index (χ0n) is 8.31. The van der Waals surface area contributed by atoms with E-state index in [2.05, 4.69) is 5.43 Å². The third kappa shape index (κ3) is 2.70. The van der Waals surface area contributed by atoms with Crippen LogP contribution in [0.5, 0.6) is 0 Å². The Hall–Kier alpha value is -1.07. The van der Waals surface area contributed by atoms with Crippen molar-refractivity contribution >= 4 is 0 Å². The predicted molar refractivity (Wildman–Crippen MR) is 51.8 cm³/mol. The number of nitrogens with one attached hydrogen (secondary N) is 1. The molecule has 2 nitrogen and oxygen atoms in total. The average molecular weight is 218 g/mol. The second-order valence-corrected chi connectivity index (χ2v) is 3.21. The fourth-order valence-corrected chi connectivity index (χ4v) is 1.49. The number of halogens is 3. The van der Waals surface area contributed by atoms with Gasteiger partial charge in [-0.25, -0.2) is 0 Å². The normalized spacial score (nSPS) is 13.9. The summed E-state index contributed by atoms with van der Waals surface area (Å²) in [6, 6.07) is 4.98. The number of hydrogen-bond donors (Lipinski definition) is 2. The largest absolute Gasteiger partial charge is 0.416 e. The van der Waals surface area contributed by atoms with E-state index in [1.807, 2.05) is 0 Å². The molecule has 0 spiro atoms. The molecule has 1 atom stereocenters. The predicted octanol–water partition coefficient (Wildman–Crippen LogP) is 2.62. The lowest BCUT2D eigenvalue weighted by Crippen LogP contribution is -2.29. The van der Waals surface area contributed by atoms with Gasteiger partial charge in [-0.05, 0) is 18.1 Å². The molecule has 84 valence electrons. The SMILES string of the molecule is CC[C@@H](NN)c1ccccc1C(F)(F)F. The monoisotopic (exact) mass is 218 g/mol. The van der Waals surface area contributed by atoms with E-state index in [4.69, 9.17) is 5.84 Å². The minimum atomic E-state index is -4.33. The summed E-state index contributed by atoms with van der Waals surface area (Å²) in [6.45, 7) is 1.78. The molecule has 3 N–H and O–H groups in total. The van der Waals surface area contributed by atoms with Gasteiger partial charge in [-0.15, -0.1) is 0 Å². The maximum Gasteiger partial charge on any atom is 0.416 e. The third-order valence-corrected chi connectivity index (χ3v) is 2.25. The van der Waals surface area contributed by atoms with Gasteiger partial charge in [-0.1, -0.05) is 25.1 Å². The fourth-order valence-electron chi connectivity index (χ4n) is 1.49. The van der Waals surface area contributed by atoms with E-state index in [-0.39, 0.29) is 5.56 Å². The van der Waals surface area contributed by atoms with Crippen LogP contribution < -0.4 is 11.3 Å². The molecule has 5 heteroatoms. The van der Waals surface area contributed by atoms with E-state index in [9.17, 15) is 13.2 Å². The first-order chi connectivity index (χ1) is 7.00. The standard InChI is InChI=1S/C10H13F3N2/c1-2-9(15-14)7-5-3-4-6-8(7)10(11,12)13/h3-6,9,15H,2,14H2,1H3/t9-/m1/s1. The molecule has 1 aromatic carbocycles. The molecule has 0 radical (unpaired) electrons. The van der Waals surface area contributed by atoms with Crippen molar-refractivity contribution in [2.24, 2.45) is 5.84 Å². The number of hydrogen-bond acceptors (Lipinski definition) is 2. The number of hydrazine groups is 1. The summed E-state index contributed by atoms with van der Waals surface area (Å²) in [6.07, 6.45) is -3.83. The van der Waals surface area contributed by atoms with Crippen LogP contribution in [0, 0.1) is 0 Å². The van der Waals surface area contributed by atoms with Crippen LogP contribution in [0.3, 0.4) is 0 Å². The van der Waals surface area contributed by atoms with Gasteiger partial charge >= 0.3 is 6.18 Å². The quantitative estimate of drug-likeness (QED) is 0.604. The van der Waals surface area contributed by atoms with Gasteiger partial charge in [-0.2, -0.15) is 13.2 Å². The molecule has 1 rings (SSSR count). The zero-order valence-corrected chi connectivity index (χ0v) is 8.31. The van der Waals surface area contributed by atoms with E-state index in [1.165, 1.54) is 12.1 Å². The Morgan fingerprint density at radius 1 is 1.33 bits per heavy atom. The minimum absolute atomic E-state index is 0.190. The van der Waals surface area contributed by atoms with E-state index in [0.29, 0.717) is 6.42 Å². The second kappa shape index (κ2) is 4.63. The van der Waals surface area contributed by atoms with E-state index in [0.717, 1.165) is 6.07 Å². The molecule has 0 aliphatic heterocycles. The van der Waals surface area contributed by atoms with Crippen LogP contribution in [-0.4, -0.2) is 0 Å². The summed E-state index contributed by atoms with van der Waals surface area (Å²) in [5.74, 6) is 5.21. The van der Waals surface area contributed by atoms with Gasteiger partial charge in [0.1, 0.15) is 0 Å². The van der Waals surface area contributed by atoms with Crippen molar-refractivity contribution in [3.05, 3.63) is 35.4 Å². The molecular formula is C10H13F3N2. The van der Waals surface area contributed by atoms with Gasteiger partial charge in [0.15, 0.2) is 0 Å². The number of alkyl halides is 3. The van der Waals surface area contributed by atoms with E-state index >= 15 is 0 Å². The Labute approximate surface area is 86.2 Å². The van der Waals surface area contributed by atoms with E-state index in [1.54, 1.807) is 13.0 Å². The molecule has 0 amide bonds. The van der Waals surface area contributed by atoms with Gasteiger partial charge in [-0.3, -0.25) is 11.3 Å². The lowest BCUT2D eigenvalue weighted by molar-refractivity contribution is -0.138. The summed E-state index contributed by atoms with van der Waals surface area (Å²) < 4.78 is 37.8. The summed E-state index contributed by atoms with van der Waals surface area (Å²) in [7, 11) is 0. The highest BCUT2D eigenvalue weighted by Crippen LogP contribution is 2.34. The molecule has 0 unspecified atom stereocenters. The first kappa shape index (κ1) is 12.0. The van der Waals surface area contributed by atoms with Gasteiger partial charge in [0.25, 0.3) is 0 Å². The van der Waals surface area contributed by atoms with Gasteiger partial charge in [0, 0.05) is 6.04 Å². The molecule has 0 heterocycles. The number of nitrogens with two attached hydrogens (primary N) is 1. The molecule has 0 bridgehead atoms. The maximum absolute atomic E-state index is 12.6. The summed E-state index contributed by atoms with van der Waals surface area (Å²) in [5.41, 5.74) is 1.94. The topological polar surface area (TPSA) is 38.0 Å². The van der Waals surface area contributed by atoms with Crippen molar-refractivity contribution in [3.63, 3.8) is 0 Å². The van der Waals surface area contributed by atoms with Crippen molar-refractivity contribution in [3.8, 4) is 0 Å². The summed E-state index contributed by atoms with van der Waals surface area (Å²) in [5, 5.41) is 0. The Kier molecular flexibility index (Phi) is 3.71. The van der Waals surface area contributed by atoms with Crippen molar-refractivity contribution in [2.75, 3.05) is 0 Å². The highest BCUT2D eigenvalue weighted by Gasteiger charge is 2.34. The molecule has 0 saturated heterocycles. The fraction of sp³-hybridized carbons (Fsp3) is 0.400. The van der Waals surface area contributed by atoms with Gasteiger partial charge in [0.05, 0.1) is 5.56 Å². The third-order valence-electron chi connectivity index (χ3n) is 2.25. The second-order valence-electron chi connectivity index (χ2n) is 3.21. The maximum atomic E-state index is 12.6. The molecule has 1 aromatic rings. The van der Waals surface area contributed by atoms with Crippen molar-refractivity contribution in [1.29, 1.82) is 0 Å². The van der Waals surface area contributed by atoms with Crippen LogP contribution in [0.1, 0.15) is 30.5 Å². The lowest BCUT2D eigenvalue weighted by atomic mass is 9.99. The molecule has 0 aliphatic carbocycles. The first-order valence-corrected chi connectivity index (χ1v) is 4.63. The van der Waals surface area contributed by atoms with Crippen LogP contribution in [-0.2, 0) is 6.18 Å². The minimum Gasteiger partial charge on any atom is -0.271 e.